The number of alkyl halides is 3. The highest BCUT2D eigenvalue weighted by Crippen LogP contribution is 2.34. The smallest absolute Gasteiger partial charge is 0.417 e. The predicted octanol–water partition coefficient (Wildman–Crippen LogP) is 4.91. The van der Waals surface area contributed by atoms with E-state index in [1.165, 1.54) is 11.6 Å². The Morgan fingerprint density at radius 2 is 1.92 bits per heavy atom. The average Bonchev–Trinajstić information content (AvgIpc) is 2.62. The molecule has 26 heavy (non-hydrogen) atoms. The van der Waals surface area contributed by atoms with Crippen molar-refractivity contribution in [3.05, 3.63) is 58.7 Å². The molecule has 2 heterocycles. The minimum absolute atomic E-state index is 0.179. The van der Waals surface area contributed by atoms with Crippen molar-refractivity contribution in [2.24, 2.45) is 5.92 Å². The van der Waals surface area contributed by atoms with Crippen LogP contribution in [0.1, 0.15) is 30.4 Å². The molecule has 0 spiro atoms. The van der Waals surface area contributed by atoms with Gasteiger partial charge in [-0.2, -0.15) is 13.2 Å². The number of rotatable bonds is 4. The van der Waals surface area contributed by atoms with Crippen molar-refractivity contribution in [3.8, 4) is 5.88 Å². The van der Waals surface area contributed by atoms with E-state index in [1.54, 1.807) is 0 Å². The zero-order chi connectivity index (χ0) is 18.7. The molecule has 0 radical (unpaired) electrons. The van der Waals surface area contributed by atoms with Gasteiger partial charge in [-0.05, 0) is 43.7 Å². The number of piperidine rings is 1. The molecule has 1 fully saturated rings. The average molecular weight is 385 g/mol. The minimum atomic E-state index is -4.40. The van der Waals surface area contributed by atoms with Crippen LogP contribution in [-0.2, 0) is 6.18 Å². The Balaban J connectivity index is 1.72. The van der Waals surface area contributed by atoms with Crippen molar-refractivity contribution >= 4 is 11.6 Å². The van der Waals surface area contributed by atoms with E-state index in [4.69, 9.17) is 16.3 Å². The Bertz CT molecular complexity index is 719. The summed E-state index contributed by atoms with van der Waals surface area (Å²) >= 11 is 5.97. The second-order valence-corrected chi connectivity index (χ2v) is 6.96. The monoisotopic (exact) mass is 384 g/mol. The summed E-state index contributed by atoms with van der Waals surface area (Å²) in [5.74, 6) is 0.672. The summed E-state index contributed by atoms with van der Waals surface area (Å²) in [5.41, 5.74) is 0.390. The summed E-state index contributed by atoms with van der Waals surface area (Å²) in [6.45, 7) is 3.64. The number of hydrogen-bond donors (Lipinski definition) is 1. The molecule has 140 valence electrons. The van der Waals surface area contributed by atoms with Crippen LogP contribution in [0.2, 0.25) is 5.02 Å². The van der Waals surface area contributed by atoms with E-state index < -0.39 is 11.7 Å². The largest absolute Gasteiger partial charge is 0.474 e. The SMILES string of the molecule is C[C@H](Oc1ccc(C(F)(F)F)cn1)[C@H]1CCNC[C@@H]1c1ccc(Cl)cc1. The third-order valence-corrected chi connectivity index (χ3v) is 5.06. The summed E-state index contributed by atoms with van der Waals surface area (Å²) < 4.78 is 43.8. The van der Waals surface area contributed by atoms with Crippen LogP contribution >= 0.6 is 11.6 Å². The Hall–Kier alpha value is -1.79. The number of nitrogens with zero attached hydrogens (tertiary/aromatic N) is 1. The molecule has 1 aliphatic heterocycles. The Labute approximate surface area is 155 Å². The van der Waals surface area contributed by atoms with E-state index in [2.05, 4.69) is 10.3 Å². The Kier molecular flexibility index (Phi) is 5.73. The molecule has 1 saturated heterocycles. The lowest BCUT2D eigenvalue weighted by molar-refractivity contribution is -0.137. The highest BCUT2D eigenvalue weighted by molar-refractivity contribution is 6.30. The number of aromatic nitrogens is 1. The first kappa shape index (κ1) is 19.0. The van der Waals surface area contributed by atoms with Crippen molar-refractivity contribution in [1.29, 1.82) is 0 Å². The van der Waals surface area contributed by atoms with Gasteiger partial charge < -0.3 is 10.1 Å². The maximum atomic E-state index is 12.6. The van der Waals surface area contributed by atoms with Crippen LogP contribution in [0, 0.1) is 5.92 Å². The Morgan fingerprint density at radius 1 is 1.19 bits per heavy atom. The van der Waals surface area contributed by atoms with Gasteiger partial charge in [0.05, 0.1) is 5.56 Å². The number of halogens is 4. The molecule has 0 amide bonds. The third kappa shape index (κ3) is 4.48. The van der Waals surface area contributed by atoms with Crippen LogP contribution in [-0.4, -0.2) is 24.2 Å². The van der Waals surface area contributed by atoms with E-state index in [9.17, 15) is 13.2 Å². The van der Waals surface area contributed by atoms with Crippen molar-refractivity contribution in [3.63, 3.8) is 0 Å². The van der Waals surface area contributed by atoms with E-state index in [0.29, 0.717) is 5.02 Å². The van der Waals surface area contributed by atoms with Crippen LogP contribution in [0.25, 0.3) is 0 Å². The maximum absolute atomic E-state index is 12.6. The highest BCUT2D eigenvalue weighted by atomic mass is 35.5. The molecule has 1 aliphatic rings. The van der Waals surface area contributed by atoms with E-state index in [1.807, 2.05) is 31.2 Å². The Morgan fingerprint density at radius 3 is 2.54 bits per heavy atom. The van der Waals surface area contributed by atoms with Crippen LogP contribution in [0.15, 0.2) is 42.6 Å². The van der Waals surface area contributed by atoms with Gasteiger partial charge in [0, 0.05) is 35.7 Å². The summed E-state index contributed by atoms with van der Waals surface area (Å²) in [7, 11) is 0. The topological polar surface area (TPSA) is 34.1 Å². The van der Waals surface area contributed by atoms with Gasteiger partial charge in [0.25, 0.3) is 0 Å². The van der Waals surface area contributed by atoms with Crippen LogP contribution in [0.4, 0.5) is 13.2 Å². The lowest BCUT2D eigenvalue weighted by atomic mass is 9.78. The molecule has 0 aliphatic carbocycles. The second-order valence-electron chi connectivity index (χ2n) is 6.52. The van der Waals surface area contributed by atoms with Gasteiger partial charge in [-0.1, -0.05) is 23.7 Å². The fourth-order valence-electron chi connectivity index (χ4n) is 3.41. The molecular weight excluding hydrogens is 365 g/mol. The number of nitrogens with one attached hydrogen (secondary N) is 1. The van der Waals surface area contributed by atoms with Crippen LogP contribution in [0.3, 0.4) is 0 Å². The maximum Gasteiger partial charge on any atom is 0.417 e. The molecule has 3 rings (SSSR count). The normalized spacial score (nSPS) is 22.0. The lowest BCUT2D eigenvalue weighted by Crippen LogP contribution is -2.41. The zero-order valence-corrected chi connectivity index (χ0v) is 15.0. The van der Waals surface area contributed by atoms with Gasteiger partial charge in [-0.25, -0.2) is 4.98 Å². The van der Waals surface area contributed by atoms with E-state index in [-0.39, 0.29) is 23.8 Å². The molecular formula is C19H20ClF3N2O. The fourth-order valence-corrected chi connectivity index (χ4v) is 3.54. The molecule has 1 aromatic carbocycles. The summed E-state index contributed by atoms with van der Waals surface area (Å²) in [6, 6.07) is 10.0. The van der Waals surface area contributed by atoms with Gasteiger partial charge in [0.2, 0.25) is 5.88 Å². The lowest BCUT2D eigenvalue weighted by Gasteiger charge is -2.36. The third-order valence-electron chi connectivity index (χ3n) is 4.81. The summed E-state index contributed by atoms with van der Waals surface area (Å²) in [6.07, 6.45) is -2.86. The van der Waals surface area contributed by atoms with Gasteiger partial charge in [-0.15, -0.1) is 0 Å². The minimum Gasteiger partial charge on any atom is -0.474 e. The second kappa shape index (κ2) is 7.84. The quantitative estimate of drug-likeness (QED) is 0.812. The first-order valence-corrected chi connectivity index (χ1v) is 8.88. The molecule has 1 N–H and O–H groups in total. The summed E-state index contributed by atoms with van der Waals surface area (Å²) in [5, 5.41) is 4.08. The van der Waals surface area contributed by atoms with Crippen molar-refractivity contribution in [2.75, 3.05) is 13.1 Å². The molecule has 0 saturated carbocycles. The van der Waals surface area contributed by atoms with Crippen LogP contribution in [0.5, 0.6) is 5.88 Å². The zero-order valence-electron chi connectivity index (χ0n) is 14.3. The van der Waals surface area contributed by atoms with Gasteiger partial charge in [0.1, 0.15) is 6.10 Å². The van der Waals surface area contributed by atoms with Gasteiger partial charge in [-0.3, -0.25) is 0 Å². The highest BCUT2D eigenvalue weighted by Gasteiger charge is 2.33. The van der Waals surface area contributed by atoms with Crippen LogP contribution < -0.4 is 10.1 Å². The molecule has 1 aromatic heterocycles. The predicted molar refractivity (Wildman–Crippen MR) is 94.5 cm³/mol. The fraction of sp³-hybridized carbons (Fsp3) is 0.421. The molecule has 3 nitrogen and oxygen atoms in total. The standard InChI is InChI=1S/C19H20ClF3N2O/c1-12(26-18-7-4-14(10-25-18)19(21,22)23)16-8-9-24-11-17(16)13-2-5-15(20)6-3-13/h2-7,10,12,16-17,24H,8-9,11H2,1H3/t12-,16+,17+/m0/s1. The first-order valence-electron chi connectivity index (χ1n) is 8.50. The molecule has 3 atom stereocenters. The number of hydrogen-bond acceptors (Lipinski definition) is 3. The van der Waals surface area contributed by atoms with Gasteiger partial charge >= 0.3 is 6.18 Å². The van der Waals surface area contributed by atoms with Gasteiger partial charge in [0.15, 0.2) is 0 Å². The van der Waals surface area contributed by atoms with E-state index >= 15 is 0 Å². The summed E-state index contributed by atoms with van der Waals surface area (Å²) in [4.78, 5) is 3.81. The molecule has 0 bridgehead atoms. The number of pyridine rings is 1. The van der Waals surface area contributed by atoms with Crippen molar-refractivity contribution in [1.82, 2.24) is 10.3 Å². The van der Waals surface area contributed by atoms with Crippen molar-refractivity contribution in [2.45, 2.75) is 31.5 Å². The molecule has 0 unspecified atom stereocenters. The molecule has 2 aromatic rings. The number of benzene rings is 1. The van der Waals surface area contributed by atoms with E-state index in [0.717, 1.165) is 31.8 Å². The first-order chi connectivity index (χ1) is 12.3. The number of ether oxygens (including phenoxy) is 1. The molecule has 7 heteroatoms. The van der Waals surface area contributed by atoms with Crippen molar-refractivity contribution < 1.29 is 17.9 Å².